The number of hydrogen-bond acceptors (Lipinski definition) is 8. The molecule has 4 atom stereocenters. The molecular formula is C20H28N4O9. The van der Waals surface area contributed by atoms with Gasteiger partial charge in [-0.05, 0) is 12.0 Å². The molecule has 3 amide bonds. The van der Waals surface area contributed by atoms with Crippen LogP contribution in [0.5, 0.6) is 0 Å². The minimum Gasteiger partial charge on any atom is -0.481 e. The average molecular weight is 468 g/mol. The molecule has 0 saturated carbocycles. The van der Waals surface area contributed by atoms with E-state index >= 15 is 0 Å². The maximum Gasteiger partial charge on any atom is 0.328 e. The summed E-state index contributed by atoms with van der Waals surface area (Å²) in [7, 11) is 0. The maximum atomic E-state index is 12.6. The number of aliphatic carboxylic acids is 2. The first-order valence-electron chi connectivity index (χ1n) is 9.96. The van der Waals surface area contributed by atoms with E-state index in [-0.39, 0.29) is 19.3 Å². The number of carbonyl (C=O) groups excluding carboxylic acids is 3. The van der Waals surface area contributed by atoms with Crippen molar-refractivity contribution in [2.75, 3.05) is 13.2 Å². The highest BCUT2D eigenvalue weighted by molar-refractivity contribution is 5.94. The summed E-state index contributed by atoms with van der Waals surface area (Å²) in [5.41, 5.74) is 6.21. The van der Waals surface area contributed by atoms with Gasteiger partial charge in [-0.25, -0.2) is 4.79 Å². The summed E-state index contributed by atoms with van der Waals surface area (Å²) in [6, 6.07) is 2.78. The molecule has 4 unspecified atom stereocenters. The third-order valence-electron chi connectivity index (χ3n) is 4.53. The van der Waals surface area contributed by atoms with Crippen LogP contribution < -0.4 is 21.7 Å². The molecule has 13 nitrogen and oxygen atoms in total. The molecule has 9 N–H and O–H groups in total. The van der Waals surface area contributed by atoms with Gasteiger partial charge in [-0.2, -0.15) is 0 Å². The molecule has 0 bridgehead atoms. The molecule has 0 saturated heterocycles. The van der Waals surface area contributed by atoms with Crippen LogP contribution in [0.2, 0.25) is 0 Å². The van der Waals surface area contributed by atoms with E-state index in [9.17, 15) is 29.1 Å². The molecule has 0 spiro atoms. The highest BCUT2D eigenvalue weighted by Gasteiger charge is 2.30. The van der Waals surface area contributed by atoms with Gasteiger partial charge in [0.25, 0.3) is 0 Å². The molecule has 0 radical (unpaired) electrons. The van der Waals surface area contributed by atoms with Gasteiger partial charge in [0, 0.05) is 12.8 Å². The zero-order valence-corrected chi connectivity index (χ0v) is 17.6. The zero-order valence-electron chi connectivity index (χ0n) is 17.6. The molecular weight excluding hydrogens is 440 g/mol. The summed E-state index contributed by atoms with van der Waals surface area (Å²) in [6.45, 7) is -1.73. The Balaban J connectivity index is 2.92. The monoisotopic (exact) mass is 468 g/mol. The van der Waals surface area contributed by atoms with Gasteiger partial charge >= 0.3 is 11.9 Å². The Hall–Kier alpha value is -3.55. The molecule has 33 heavy (non-hydrogen) atoms. The highest BCUT2D eigenvalue weighted by atomic mass is 16.4. The van der Waals surface area contributed by atoms with Gasteiger partial charge in [0.2, 0.25) is 17.7 Å². The van der Waals surface area contributed by atoms with E-state index in [0.29, 0.717) is 5.56 Å². The minimum atomic E-state index is -1.60. The average Bonchev–Trinajstić information content (AvgIpc) is 2.78. The van der Waals surface area contributed by atoms with Gasteiger partial charge in [-0.3, -0.25) is 19.2 Å². The Kier molecular flexibility index (Phi) is 11.5. The second-order valence-corrected chi connectivity index (χ2v) is 7.12. The highest BCUT2D eigenvalue weighted by Crippen LogP contribution is 2.05. The molecule has 0 aliphatic carbocycles. The molecule has 0 aromatic heterocycles. The third kappa shape index (κ3) is 9.64. The number of rotatable bonds is 14. The van der Waals surface area contributed by atoms with Crippen LogP contribution >= 0.6 is 0 Å². The van der Waals surface area contributed by atoms with Crippen LogP contribution in [0.1, 0.15) is 18.4 Å². The van der Waals surface area contributed by atoms with Gasteiger partial charge in [-0.15, -0.1) is 0 Å². The van der Waals surface area contributed by atoms with E-state index in [1.54, 1.807) is 30.3 Å². The number of hydrogen-bond donors (Lipinski definition) is 8. The number of amides is 3. The van der Waals surface area contributed by atoms with Crippen molar-refractivity contribution >= 4 is 29.7 Å². The molecule has 0 aliphatic rings. The first-order chi connectivity index (χ1) is 15.6. The Morgan fingerprint density at radius 1 is 0.788 bits per heavy atom. The predicted molar refractivity (Wildman–Crippen MR) is 113 cm³/mol. The maximum absolute atomic E-state index is 12.6. The number of benzene rings is 1. The van der Waals surface area contributed by atoms with E-state index in [4.69, 9.17) is 21.1 Å². The van der Waals surface area contributed by atoms with E-state index in [2.05, 4.69) is 16.0 Å². The largest absolute Gasteiger partial charge is 0.481 e. The molecule has 182 valence electrons. The first-order valence-corrected chi connectivity index (χ1v) is 9.96. The van der Waals surface area contributed by atoms with Gasteiger partial charge in [0.1, 0.15) is 18.1 Å². The van der Waals surface area contributed by atoms with Crippen molar-refractivity contribution in [2.45, 2.75) is 43.4 Å². The Morgan fingerprint density at radius 2 is 1.30 bits per heavy atom. The van der Waals surface area contributed by atoms with Crippen molar-refractivity contribution in [3.63, 3.8) is 0 Å². The van der Waals surface area contributed by atoms with Crippen molar-refractivity contribution in [2.24, 2.45) is 5.73 Å². The molecule has 0 heterocycles. The van der Waals surface area contributed by atoms with E-state index in [1.807, 2.05) is 0 Å². The van der Waals surface area contributed by atoms with Crippen molar-refractivity contribution < 1.29 is 44.4 Å². The number of nitrogens with two attached hydrogens (primary N) is 1. The first kappa shape index (κ1) is 27.5. The Morgan fingerprint density at radius 3 is 1.82 bits per heavy atom. The number of carbonyl (C=O) groups is 5. The van der Waals surface area contributed by atoms with Crippen LogP contribution in [0.4, 0.5) is 0 Å². The smallest absolute Gasteiger partial charge is 0.328 e. The second-order valence-electron chi connectivity index (χ2n) is 7.12. The van der Waals surface area contributed by atoms with Gasteiger partial charge in [0.05, 0.1) is 19.3 Å². The van der Waals surface area contributed by atoms with Crippen LogP contribution in [-0.4, -0.2) is 87.5 Å². The summed E-state index contributed by atoms with van der Waals surface area (Å²) < 4.78 is 0. The number of nitrogens with one attached hydrogen (secondary N) is 3. The Labute approximate surface area is 189 Å². The summed E-state index contributed by atoms with van der Waals surface area (Å²) >= 11 is 0. The number of carboxylic acids is 2. The summed E-state index contributed by atoms with van der Waals surface area (Å²) in [4.78, 5) is 59.1. The van der Waals surface area contributed by atoms with Crippen molar-refractivity contribution in [3.05, 3.63) is 35.9 Å². The quantitative estimate of drug-likeness (QED) is 0.137. The fraction of sp³-hybridized carbons (Fsp3) is 0.450. The van der Waals surface area contributed by atoms with Crippen molar-refractivity contribution in [3.8, 4) is 0 Å². The molecule has 1 rings (SSSR count). The van der Waals surface area contributed by atoms with Gasteiger partial charge in [0.15, 0.2) is 0 Å². The standard InChI is InChI=1S/C20H28N4O9/c21-12(6-7-16(27)28)17(29)23-14(9-25)19(31)22-13(8-11-4-2-1-3-5-11)18(30)24-15(10-26)20(32)33/h1-5,12-15,25-26H,6-10,21H2,(H,22,31)(H,23,29)(H,24,30)(H,27,28)(H,32,33). The fourth-order valence-electron chi connectivity index (χ4n) is 2.67. The number of carboxylic acid groups (broad SMARTS) is 2. The van der Waals surface area contributed by atoms with Crippen molar-refractivity contribution in [1.82, 2.24) is 16.0 Å². The fourth-order valence-corrected chi connectivity index (χ4v) is 2.67. The van der Waals surface area contributed by atoms with E-state index < -0.39 is 67.0 Å². The lowest BCUT2D eigenvalue weighted by Crippen LogP contribution is -2.58. The SMILES string of the molecule is NC(CCC(=O)O)C(=O)NC(CO)C(=O)NC(Cc1ccccc1)C(=O)NC(CO)C(=O)O. The number of aliphatic hydroxyl groups is 2. The molecule has 0 aliphatic heterocycles. The zero-order chi connectivity index (χ0) is 25.0. The predicted octanol–water partition coefficient (Wildman–Crippen LogP) is -3.06. The summed E-state index contributed by atoms with van der Waals surface area (Å²) in [5, 5.41) is 43.0. The van der Waals surface area contributed by atoms with Crippen LogP contribution in [0.25, 0.3) is 0 Å². The third-order valence-corrected chi connectivity index (χ3v) is 4.53. The minimum absolute atomic E-state index is 0.0552. The second kappa shape index (κ2) is 13.8. The summed E-state index contributed by atoms with van der Waals surface area (Å²) in [5.74, 6) is -5.38. The lowest BCUT2D eigenvalue weighted by atomic mass is 10.0. The van der Waals surface area contributed by atoms with Crippen LogP contribution in [-0.2, 0) is 30.4 Å². The molecule has 1 aromatic rings. The van der Waals surface area contributed by atoms with Crippen LogP contribution in [0.3, 0.4) is 0 Å². The lowest BCUT2D eigenvalue weighted by Gasteiger charge is -2.24. The summed E-state index contributed by atoms with van der Waals surface area (Å²) in [6.07, 6.45) is -0.627. The van der Waals surface area contributed by atoms with E-state index in [0.717, 1.165) is 0 Å². The lowest BCUT2D eigenvalue weighted by molar-refractivity contribution is -0.143. The van der Waals surface area contributed by atoms with Gasteiger partial charge in [-0.1, -0.05) is 30.3 Å². The van der Waals surface area contributed by atoms with Gasteiger partial charge < -0.3 is 42.1 Å². The molecule has 13 heteroatoms. The molecule has 1 aromatic carbocycles. The molecule has 0 fully saturated rings. The topological polar surface area (TPSA) is 228 Å². The van der Waals surface area contributed by atoms with Crippen molar-refractivity contribution in [1.29, 1.82) is 0 Å². The number of aliphatic hydroxyl groups excluding tert-OH is 2. The van der Waals surface area contributed by atoms with Crippen LogP contribution in [0, 0.1) is 0 Å². The van der Waals surface area contributed by atoms with Crippen LogP contribution in [0.15, 0.2) is 30.3 Å². The normalized spacial score (nSPS) is 14.3. The Bertz CT molecular complexity index is 834. The van der Waals surface area contributed by atoms with E-state index in [1.165, 1.54) is 0 Å².